The molecule has 8 heteroatoms. The summed E-state index contributed by atoms with van der Waals surface area (Å²) < 4.78 is 6.79. The molecule has 0 atom stereocenters. The lowest BCUT2D eigenvalue weighted by atomic mass is 10.2. The van der Waals surface area contributed by atoms with Crippen LogP contribution in [0, 0.1) is 10.1 Å². The number of nitrogens with zero attached hydrogens (tertiary/aromatic N) is 3. The number of hydrogen-bond donors (Lipinski definition) is 1. The standard InChI is InChI=1S/C17H14N4O4/c1-25-16-11-14(21(23)24)7-8-15(16)19-17(22)12-3-5-13(6-4-12)20-10-2-9-18-20/h2-11H,1H3,(H,19,22). The number of nitrogens with one attached hydrogen (secondary N) is 1. The van der Waals surface area contributed by atoms with Crippen molar-refractivity contribution in [2.75, 3.05) is 12.4 Å². The van der Waals surface area contributed by atoms with Crippen molar-refractivity contribution in [2.24, 2.45) is 0 Å². The largest absolute Gasteiger partial charge is 0.494 e. The van der Waals surface area contributed by atoms with Crippen LogP contribution in [0.4, 0.5) is 11.4 Å². The van der Waals surface area contributed by atoms with Gasteiger partial charge in [-0.3, -0.25) is 14.9 Å². The Morgan fingerprint density at radius 3 is 2.60 bits per heavy atom. The predicted octanol–water partition coefficient (Wildman–Crippen LogP) is 3.04. The van der Waals surface area contributed by atoms with Crippen molar-refractivity contribution in [3.05, 3.63) is 76.6 Å². The third kappa shape index (κ3) is 3.47. The summed E-state index contributed by atoms with van der Waals surface area (Å²) in [6.07, 6.45) is 3.47. The number of nitro groups is 1. The summed E-state index contributed by atoms with van der Waals surface area (Å²) >= 11 is 0. The van der Waals surface area contributed by atoms with Gasteiger partial charge in [-0.1, -0.05) is 0 Å². The first-order valence-corrected chi connectivity index (χ1v) is 7.32. The molecule has 0 unspecified atom stereocenters. The van der Waals surface area contributed by atoms with Crippen LogP contribution in [0.5, 0.6) is 5.75 Å². The molecule has 0 fully saturated rings. The molecule has 0 aliphatic rings. The minimum Gasteiger partial charge on any atom is -0.494 e. The fourth-order valence-electron chi connectivity index (χ4n) is 2.28. The number of amides is 1. The van der Waals surface area contributed by atoms with Gasteiger partial charge in [0, 0.05) is 24.0 Å². The number of benzene rings is 2. The van der Waals surface area contributed by atoms with Gasteiger partial charge in [0.25, 0.3) is 11.6 Å². The van der Waals surface area contributed by atoms with Crippen molar-refractivity contribution in [3.63, 3.8) is 0 Å². The monoisotopic (exact) mass is 338 g/mol. The lowest BCUT2D eigenvalue weighted by Crippen LogP contribution is -2.13. The molecule has 126 valence electrons. The number of anilines is 1. The van der Waals surface area contributed by atoms with E-state index in [9.17, 15) is 14.9 Å². The molecule has 3 aromatic rings. The zero-order valence-corrected chi connectivity index (χ0v) is 13.2. The molecule has 2 aromatic carbocycles. The highest BCUT2D eigenvalue weighted by molar-refractivity contribution is 6.05. The number of rotatable bonds is 5. The second-order valence-corrected chi connectivity index (χ2v) is 5.09. The highest BCUT2D eigenvalue weighted by Gasteiger charge is 2.14. The Morgan fingerprint density at radius 1 is 1.24 bits per heavy atom. The molecule has 0 aliphatic heterocycles. The Hall–Kier alpha value is -3.68. The van der Waals surface area contributed by atoms with Crippen LogP contribution in [0.25, 0.3) is 5.69 Å². The van der Waals surface area contributed by atoms with Crippen molar-refractivity contribution < 1.29 is 14.5 Å². The van der Waals surface area contributed by atoms with E-state index in [1.807, 2.05) is 6.07 Å². The molecule has 0 aliphatic carbocycles. The number of aromatic nitrogens is 2. The van der Waals surface area contributed by atoms with Gasteiger partial charge in [0.05, 0.1) is 29.5 Å². The molecule has 1 aromatic heterocycles. The first-order chi connectivity index (χ1) is 12.1. The summed E-state index contributed by atoms with van der Waals surface area (Å²) in [5.41, 5.74) is 1.51. The molecule has 0 radical (unpaired) electrons. The second-order valence-electron chi connectivity index (χ2n) is 5.09. The van der Waals surface area contributed by atoms with Crippen molar-refractivity contribution >= 4 is 17.3 Å². The van der Waals surface area contributed by atoms with Crippen molar-refractivity contribution in [1.82, 2.24) is 9.78 Å². The van der Waals surface area contributed by atoms with Gasteiger partial charge in [0.1, 0.15) is 5.75 Å². The van der Waals surface area contributed by atoms with E-state index in [0.29, 0.717) is 11.3 Å². The van der Waals surface area contributed by atoms with Crippen molar-refractivity contribution in [3.8, 4) is 11.4 Å². The van der Waals surface area contributed by atoms with Gasteiger partial charge in [-0.05, 0) is 36.4 Å². The molecule has 0 saturated carbocycles. The van der Waals surface area contributed by atoms with Gasteiger partial charge in [-0.25, -0.2) is 4.68 Å². The normalized spacial score (nSPS) is 10.3. The number of ether oxygens (including phenoxy) is 1. The van der Waals surface area contributed by atoms with Crippen LogP contribution in [0.1, 0.15) is 10.4 Å². The Labute approximate surface area is 142 Å². The fraction of sp³-hybridized carbons (Fsp3) is 0.0588. The molecule has 1 N–H and O–H groups in total. The summed E-state index contributed by atoms with van der Waals surface area (Å²) in [7, 11) is 1.38. The smallest absolute Gasteiger partial charge is 0.273 e. The van der Waals surface area contributed by atoms with E-state index in [0.717, 1.165) is 5.69 Å². The van der Waals surface area contributed by atoms with Gasteiger partial charge in [-0.15, -0.1) is 0 Å². The maximum Gasteiger partial charge on any atom is 0.273 e. The maximum atomic E-state index is 12.4. The Balaban J connectivity index is 1.79. The van der Waals surface area contributed by atoms with Gasteiger partial charge in [0.15, 0.2) is 0 Å². The van der Waals surface area contributed by atoms with Crippen molar-refractivity contribution in [2.45, 2.75) is 0 Å². The second kappa shape index (κ2) is 6.83. The van der Waals surface area contributed by atoms with E-state index in [1.165, 1.54) is 25.3 Å². The first-order valence-electron chi connectivity index (χ1n) is 7.32. The van der Waals surface area contributed by atoms with E-state index in [-0.39, 0.29) is 17.3 Å². The molecule has 3 rings (SSSR count). The first kappa shape index (κ1) is 16.2. The highest BCUT2D eigenvalue weighted by atomic mass is 16.6. The highest BCUT2D eigenvalue weighted by Crippen LogP contribution is 2.29. The summed E-state index contributed by atoms with van der Waals surface area (Å²) in [4.78, 5) is 22.7. The summed E-state index contributed by atoms with van der Waals surface area (Å²) in [6, 6.07) is 12.7. The van der Waals surface area contributed by atoms with E-state index < -0.39 is 4.92 Å². The summed E-state index contributed by atoms with van der Waals surface area (Å²) in [5.74, 6) is -0.130. The van der Waals surface area contributed by atoms with Gasteiger partial charge < -0.3 is 10.1 Å². The van der Waals surface area contributed by atoms with Crippen molar-refractivity contribution in [1.29, 1.82) is 0 Å². The number of carbonyl (C=O) groups is 1. The molecular weight excluding hydrogens is 324 g/mol. The average molecular weight is 338 g/mol. The molecule has 1 heterocycles. The van der Waals surface area contributed by atoms with Gasteiger partial charge in [0.2, 0.25) is 0 Å². The fourth-order valence-corrected chi connectivity index (χ4v) is 2.28. The molecule has 0 spiro atoms. The number of nitro benzene ring substituents is 1. The minimum absolute atomic E-state index is 0.113. The van der Waals surface area contributed by atoms with Crippen LogP contribution in [0.2, 0.25) is 0 Å². The Kier molecular flexibility index (Phi) is 4.42. The third-order valence-electron chi connectivity index (χ3n) is 3.54. The van der Waals surface area contributed by atoms with Crippen LogP contribution in [-0.4, -0.2) is 27.7 Å². The van der Waals surface area contributed by atoms with Crippen LogP contribution in [-0.2, 0) is 0 Å². The van der Waals surface area contributed by atoms with Crippen LogP contribution < -0.4 is 10.1 Å². The SMILES string of the molecule is COc1cc([N+](=O)[O-])ccc1NC(=O)c1ccc(-n2cccn2)cc1. The zero-order chi connectivity index (χ0) is 17.8. The third-order valence-corrected chi connectivity index (χ3v) is 3.54. The number of non-ortho nitro benzene ring substituents is 1. The van der Waals surface area contributed by atoms with E-state index in [4.69, 9.17) is 4.74 Å². The van der Waals surface area contributed by atoms with E-state index in [1.54, 1.807) is 41.3 Å². The predicted molar refractivity (Wildman–Crippen MR) is 91.2 cm³/mol. The number of methoxy groups -OCH3 is 1. The van der Waals surface area contributed by atoms with E-state index in [2.05, 4.69) is 10.4 Å². The molecule has 25 heavy (non-hydrogen) atoms. The Bertz CT molecular complexity index is 905. The zero-order valence-electron chi connectivity index (χ0n) is 13.2. The summed E-state index contributed by atoms with van der Waals surface area (Å²) in [6.45, 7) is 0. The molecule has 0 saturated heterocycles. The number of carbonyl (C=O) groups excluding carboxylic acids is 1. The molecule has 8 nitrogen and oxygen atoms in total. The maximum absolute atomic E-state index is 12.4. The van der Waals surface area contributed by atoms with Crippen LogP contribution in [0.3, 0.4) is 0 Å². The lowest BCUT2D eigenvalue weighted by molar-refractivity contribution is -0.384. The topological polar surface area (TPSA) is 99.3 Å². The average Bonchev–Trinajstić information content (AvgIpc) is 3.16. The Morgan fingerprint density at radius 2 is 2.00 bits per heavy atom. The quantitative estimate of drug-likeness (QED) is 0.569. The lowest BCUT2D eigenvalue weighted by Gasteiger charge is -2.10. The molecule has 1 amide bonds. The van der Waals surface area contributed by atoms with Gasteiger partial charge >= 0.3 is 0 Å². The van der Waals surface area contributed by atoms with Gasteiger partial charge in [-0.2, -0.15) is 5.10 Å². The van der Waals surface area contributed by atoms with Crippen LogP contribution in [0.15, 0.2) is 60.9 Å². The van der Waals surface area contributed by atoms with Crippen LogP contribution >= 0.6 is 0 Å². The molecular formula is C17H14N4O4. The summed E-state index contributed by atoms with van der Waals surface area (Å²) in [5, 5.41) is 17.6. The minimum atomic E-state index is -0.526. The number of hydrogen-bond acceptors (Lipinski definition) is 5. The molecule has 0 bridgehead atoms. The van der Waals surface area contributed by atoms with E-state index >= 15 is 0 Å².